The third-order valence-corrected chi connectivity index (χ3v) is 4.04. The zero-order valence-electron chi connectivity index (χ0n) is 14.1. The fraction of sp³-hybridized carbons (Fsp3) is 0.938. The SMILES string of the molecule is CCOC(=O)C(C)(CCCN(CC)CCOC)NC1CC1. The number of rotatable bonds is 12. The Hall–Kier alpha value is -0.650. The van der Waals surface area contributed by atoms with E-state index in [2.05, 4.69) is 17.1 Å². The molecule has 1 unspecified atom stereocenters. The Morgan fingerprint density at radius 2 is 2.05 bits per heavy atom. The molecule has 0 aromatic carbocycles. The second kappa shape index (κ2) is 9.38. The van der Waals surface area contributed by atoms with E-state index in [4.69, 9.17) is 9.47 Å². The largest absolute Gasteiger partial charge is 0.465 e. The molecule has 5 nitrogen and oxygen atoms in total. The fourth-order valence-corrected chi connectivity index (χ4v) is 2.51. The lowest BCUT2D eigenvalue weighted by Gasteiger charge is -2.30. The topological polar surface area (TPSA) is 50.8 Å². The predicted octanol–water partition coefficient (Wildman–Crippen LogP) is 1.81. The number of carbonyl (C=O) groups is 1. The van der Waals surface area contributed by atoms with Crippen molar-refractivity contribution in [3.63, 3.8) is 0 Å². The van der Waals surface area contributed by atoms with Crippen LogP contribution in [0.15, 0.2) is 0 Å². The van der Waals surface area contributed by atoms with E-state index >= 15 is 0 Å². The van der Waals surface area contributed by atoms with Crippen molar-refractivity contribution in [2.24, 2.45) is 0 Å². The molecule has 1 N–H and O–H groups in total. The Labute approximate surface area is 129 Å². The zero-order valence-corrected chi connectivity index (χ0v) is 14.1. The maximum absolute atomic E-state index is 12.2. The van der Waals surface area contributed by atoms with Gasteiger partial charge in [-0.25, -0.2) is 0 Å². The van der Waals surface area contributed by atoms with Crippen LogP contribution in [0.2, 0.25) is 0 Å². The fourth-order valence-electron chi connectivity index (χ4n) is 2.51. The Kier molecular flexibility index (Phi) is 8.22. The molecule has 0 aromatic heterocycles. The highest BCUT2D eigenvalue weighted by Crippen LogP contribution is 2.25. The molecule has 1 rings (SSSR count). The van der Waals surface area contributed by atoms with E-state index in [9.17, 15) is 4.79 Å². The molecule has 0 heterocycles. The molecule has 0 saturated heterocycles. The lowest BCUT2D eigenvalue weighted by atomic mass is 9.95. The van der Waals surface area contributed by atoms with Crippen LogP contribution in [-0.4, -0.2) is 62.4 Å². The number of ether oxygens (including phenoxy) is 2. The summed E-state index contributed by atoms with van der Waals surface area (Å²) in [6.45, 7) is 10.1. The first-order chi connectivity index (χ1) is 10.1. The minimum absolute atomic E-state index is 0.114. The maximum atomic E-state index is 12.2. The standard InChI is InChI=1S/C16H32N2O3/c1-5-18(12-13-20-4)11-7-10-16(3,15(19)21-6-2)17-14-8-9-14/h14,17H,5-13H2,1-4H3. The van der Waals surface area contributed by atoms with Gasteiger partial charge in [0.2, 0.25) is 0 Å². The highest BCUT2D eigenvalue weighted by atomic mass is 16.5. The summed E-state index contributed by atoms with van der Waals surface area (Å²) in [4.78, 5) is 14.6. The molecule has 0 spiro atoms. The highest BCUT2D eigenvalue weighted by Gasteiger charge is 2.39. The van der Waals surface area contributed by atoms with Crippen LogP contribution in [0, 0.1) is 0 Å². The van der Waals surface area contributed by atoms with Gasteiger partial charge in [0.05, 0.1) is 13.2 Å². The second-order valence-corrected chi connectivity index (χ2v) is 6.00. The summed E-state index contributed by atoms with van der Waals surface area (Å²) in [7, 11) is 1.73. The van der Waals surface area contributed by atoms with E-state index in [1.54, 1.807) is 7.11 Å². The van der Waals surface area contributed by atoms with Gasteiger partial charge >= 0.3 is 5.97 Å². The van der Waals surface area contributed by atoms with Gasteiger partial charge in [-0.3, -0.25) is 10.1 Å². The van der Waals surface area contributed by atoms with Crippen LogP contribution in [0.5, 0.6) is 0 Å². The number of hydrogen-bond donors (Lipinski definition) is 1. The summed E-state index contributed by atoms with van der Waals surface area (Å²) in [6.07, 6.45) is 4.13. The van der Waals surface area contributed by atoms with E-state index in [1.165, 1.54) is 12.8 Å². The summed E-state index contributed by atoms with van der Waals surface area (Å²) < 4.78 is 10.4. The Balaban J connectivity index is 2.42. The molecule has 0 aliphatic heterocycles. The van der Waals surface area contributed by atoms with E-state index in [0.717, 1.165) is 39.1 Å². The number of nitrogens with one attached hydrogen (secondary N) is 1. The van der Waals surface area contributed by atoms with Crippen LogP contribution < -0.4 is 5.32 Å². The first-order valence-corrected chi connectivity index (χ1v) is 8.22. The van der Waals surface area contributed by atoms with Crippen LogP contribution in [-0.2, 0) is 14.3 Å². The van der Waals surface area contributed by atoms with Crippen LogP contribution >= 0.6 is 0 Å². The first-order valence-electron chi connectivity index (χ1n) is 8.22. The summed E-state index contributed by atoms with van der Waals surface area (Å²) in [5, 5.41) is 3.47. The first kappa shape index (κ1) is 18.4. The van der Waals surface area contributed by atoms with Gasteiger partial charge in [-0.05, 0) is 52.6 Å². The minimum atomic E-state index is -0.544. The highest BCUT2D eigenvalue weighted by molar-refractivity contribution is 5.80. The van der Waals surface area contributed by atoms with Crippen molar-refractivity contribution >= 4 is 5.97 Å². The molecule has 1 atom stereocenters. The van der Waals surface area contributed by atoms with Crippen molar-refractivity contribution < 1.29 is 14.3 Å². The molecule has 0 amide bonds. The van der Waals surface area contributed by atoms with Crippen molar-refractivity contribution in [3.8, 4) is 0 Å². The molecule has 1 fully saturated rings. The summed E-state index contributed by atoms with van der Waals surface area (Å²) in [5.41, 5.74) is -0.544. The molecule has 21 heavy (non-hydrogen) atoms. The number of likely N-dealkylation sites (N-methyl/N-ethyl adjacent to an activating group) is 1. The zero-order chi connectivity index (χ0) is 15.7. The quantitative estimate of drug-likeness (QED) is 0.557. The van der Waals surface area contributed by atoms with Crippen molar-refractivity contribution in [2.45, 2.75) is 58.0 Å². The molecule has 1 aliphatic rings. The van der Waals surface area contributed by atoms with Gasteiger partial charge in [-0.15, -0.1) is 0 Å². The molecular weight excluding hydrogens is 268 g/mol. The van der Waals surface area contributed by atoms with E-state index in [0.29, 0.717) is 12.6 Å². The molecule has 5 heteroatoms. The lowest BCUT2D eigenvalue weighted by Crippen LogP contribution is -2.51. The third kappa shape index (κ3) is 6.76. The number of esters is 1. The number of hydrogen-bond acceptors (Lipinski definition) is 5. The molecule has 124 valence electrons. The predicted molar refractivity (Wildman–Crippen MR) is 84.4 cm³/mol. The van der Waals surface area contributed by atoms with E-state index in [-0.39, 0.29) is 5.97 Å². The molecule has 0 aromatic rings. The van der Waals surface area contributed by atoms with Crippen molar-refractivity contribution in [3.05, 3.63) is 0 Å². The smallest absolute Gasteiger partial charge is 0.326 e. The Bertz CT molecular complexity index is 308. The molecule has 1 saturated carbocycles. The van der Waals surface area contributed by atoms with Gasteiger partial charge in [-0.2, -0.15) is 0 Å². The van der Waals surface area contributed by atoms with Crippen LogP contribution in [0.4, 0.5) is 0 Å². The molecule has 0 radical (unpaired) electrons. The van der Waals surface area contributed by atoms with Crippen LogP contribution in [0.1, 0.15) is 46.5 Å². The number of methoxy groups -OCH3 is 1. The lowest BCUT2D eigenvalue weighted by molar-refractivity contribution is -0.151. The molecule has 1 aliphatic carbocycles. The minimum Gasteiger partial charge on any atom is -0.465 e. The average Bonchev–Trinajstić information content (AvgIpc) is 3.26. The maximum Gasteiger partial charge on any atom is 0.326 e. The summed E-state index contributed by atoms with van der Waals surface area (Å²) >= 11 is 0. The van der Waals surface area contributed by atoms with Gasteiger partial charge in [-0.1, -0.05) is 6.92 Å². The van der Waals surface area contributed by atoms with Crippen molar-refractivity contribution in [1.29, 1.82) is 0 Å². The Morgan fingerprint density at radius 3 is 2.57 bits per heavy atom. The summed E-state index contributed by atoms with van der Waals surface area (Å²) in [5.74, 6) is -0.114. The number of nitrogens with zero attached hydrogens (tertiary/aromatic N) is 1. The van der Waals surface area contributed by atoms with Crippen LogP contribution in [0.25, 0.3) is 0 Å². The van der Waals surface area contributed by atoms with Gasteiger partial charge in [0.1, 0.15) is 5.54 Å². The van der Waals surface area contributed by atoms with Gasteiger partial charge < -0.3 is 14.4 Å². The van der Waals surface area contributed by atoms with Crippen LogP contribution in [0.3, 0.4) is 0 Å². The van der Waals surface area contributed by atoms with E-state index in [1.807, 2.05) is 13.8 Å². The average molecular weight is 300 g/mol. The van der Waals surface area contributed by atoms with Gasteiger partial charge in [0, 0.05) is 19.7 Å². The van der Waals surface area contributed by atoms with Crippen molar-refractivity contribution in [1.82, 2.24) is 10.2 Å². The molecular formula is C16H32N2O3. The van der Waals surface area contributed by atoms with Crippen molar-refractivity contribution in [2.75, 3.05) is 40.0 Å². The van der Waals surface area contributed by atoms with E-state index < -0.39 is 5.54 Å². The Morgan fingerprint density at radius 1 is 1.33 bits per heavy atom. The van der Waals surface area contributed by atoms with Gasteiger partial charge in [0.15, 0.2) is 0 Å². The molecule has 0 bridgehead atoms. The second-order valence-electron chi connectivity index (χ2n) is 6.00. The number of carbonyl (C=O) groups excluding carboxylic acids is 1. The monoisotopic (exact) mass is 300 g/mol. The third-order valence-electron chi connectivity index (χ3n) is 4.04. The normalized spacial score (nSPS) is 17.8. The van der Waals surface area contributed by atoms with Gasteiger partial charge in [0.25, 0.3) is 0 Å². The summed E-state index contributed by atoms with van der Waals surface area (Å²) in [6, 6.07) is 0.496.